The van der Waals surface area contributed by atoms with Crippen LogP contribution in [0.25, 0.3) is 0 Å². The Bertz CT molecular complexity index is 617. The lowest BCUT2D eigenvalue weighted by Crippen LogP contribution is -2.24. The maximum atomic E-state index is 11.8. The monoisotopic (exact) mass is 348 g/mol. The predicted molar refractivity (Wildman–Crippen MR) is 87.0 cm³/mol. The average molecular weight is 349 g/mol. The highest BCUT2D eigenvalue weighted by molar-refractivity contribution is 9.10. The van der Waals surface area contributed by atoms with Gasteiger partial charge in [0.25, 0.3) is 0 Å². The van der Waals surface area contributed by atoms with E-state index in [2.05, 4.69) is 21.2 Å². The van der Waals surface area contributed by atoms with E-state index in [0.717, 1.165) is 10.0 Å². The lowest BCUT2D eigenvalue weighted by molar-refractivity contribution is -0.121. The summed E-state index contributed by atoms with van der Waals surface area (Å²) < 4.78 is 6.47. The summed E-state index contributed by atoms with van der Waals surface area (Å²) in [6.07, 6.45) is 0.305. The van der Waals surface area contributed by atoms with Crippen molar-refractivity contribution in [1.82, 2.24) is 5.32 Å². The minimum atomic E-state index is -0.0466. The molecule has 3 N–H and O–H groups in total. The average Bonchev–Trinajstić information content (AvgIpc) is 2.46. The van der Waals surface area contributed by atoms with E-state index in [0.29, 0.717) is 31.0 Å². The minimum Gasteiger partial charge on any atom is -0.493 e. The number of carbonyl (C=O) groups is 1. The molecule has 0 aliphatic heterocycles. The zero-order valence-electron chi connectivity index (χ0n) is 11.5. The summed E-state index contributed by atoms with van der Waals surface area (Å²) in [5.74, 6) is 0.628. The molecule has 0 aliphatic carbocycles. The third-order valence-corrected chi connectivity index (χ3v) is 3.66. The van der Waals surface area contributed by atoms with E-state index < -0.39 is 0 Å². The van der Waals surface area contributed by atoms with Gasteiger partial charge in [-0.05, 0) is 23.8 Å². The van der Waals surface area contributed by atoms with Gasteiger partial charge >= 0.3 is 0 Å². The van der Waals surface area contributed by atoms with E-state index >= 15 is 0 Å². The fraction of sp³-hybridized carbons (Fsp3) is 0.188. The minimum absolute atomic E-state index is 0.0466. The second-order valence-corrected chi connectivity index (χ2v) is 5.39. The summed E-state index contributed by atoms with van der Waals surface area (Å²) in [4.78, 5) is 11.8. The summed E-state index contributed by atoms with van der Waals surface area (Å²) in [6.45, 7) is 0.823. The third-order valence-electron chi connectivity index (χ3n) is 2.89. The van der Waals surface area contributed by atoms with Crippen LogP contribution in [0, 0.1) is 0 Å². The molecule has 2 aromatic carbocycles. The van der Waals surface area contributed by atoms with Gasteiger partial charge in [0.15, 0.2) is 0 Å². The number of hydrogen-bond donors (Lipinski definition) is 2. The Balaban J connectivity index is 1.72. The van der Waals surface area contributed by atoms with E-state index in [1.165, 1.54) is 0 Å². The standard InChI is InChI=1S/C16H17BrN2O2/c17-15-7-2-1-4-12(15)11-19-16(20)8-9-21-14-6-3-5-13(18)10-14/h1-7,10H,8-9,11,18H2,(H,19,20). The summed E-state index contributed by atoms with van der Waals surface area (Å²) >= 11 is 3.45. The van der Waals surface area contributed by atoms with Crippen molar-refractivity contribution in [2.75, 3.05) is 12.3 Å². The van der Waals surface area contributed by atoms with Crippen LogP contribution in [0.5, 0.6) is 5.75 Å². The molecular formula is C16H17BrN2O2. The van der Waals surface area contributed by atoms with Gasteiger partial charge in [-0.25, -0.2) is 0 Å². The van der Waals surface area contributed by atoms with Crippen molar-refractivity contribution in [1.29, 1.82) is 0 Å². The topological polar surface area (TPSA) is 64.3 Å². The molecule has 0 fully saturated rings. The number of carbonyl (C=O) groups excluding carboxylic acids is 1. The first kappa shape index (κ1) is 15.4. The van der Waals surface area contributed by atoms with Gasteiger partial charge in [-0.15, -0.1) is 0 Å². The number of ether oxygens (including phenoxy) is 1. The summed E-state index contributed by atoms with van der Waals surface area (Å²) in [7, 11) is 0. The highest BCUT2D eigenvalue weighted by Crippen LogP contribution is 2.16. The number of rotatable bonds is 6. The van der Waals surface area contributed by atoms with Crippen molar-refractivity contribution in [2.24, 2.45) is 0 Å². The molecule has 0 spiro atoms. The van der Waals surface area contributed by atoms with Gasteiger partial charge < -0.3 is 15.8 Å². The number of anilines is 1. The van der Waals surface area contributed by atoms with Crippen molar-refractivity contribution in [3.8, 4) is 5.75 Å². The summed E-state index contributed by atoms with van der Waals surface area (Å²) in [5.41, 5.74) is 7.34. The van der Waals surface area contributed by atoms with Crippen LogP contribution in [-0.4, -0.2) is 12.5 Å². The van der Waals surface area contributed by atoms with E-state index in [1.54, 1.807) is 12.1 Å². The number of nitrogens with one attached hydrogen (secondary N) is 1. The molecule has 0 saturated carbocycles. The first-order chi connectivity index (χ1) is 10.1. The predicted octanol–water partition coefficient (Wildman–Crippen LogP) is 3.12. The number of hydrogen-bond acceptors (Lipinski definition) is 3. The number of nitrogen functional groups attached to an aromatic ring is 1. The molecule has 1 amide bonds. The molecule has 21 heavy (non-hydrogen) atoms. The zero-order valence-corrected chi connectivity index (χ0v) is 13.1. The molecule has 0 saturated heterocycles. The Morgan fingerprint density at radius 1 is 1.19 bits per heavy atom. The van der Waals surface area contributed by atoms with E-state index in [1.807, 2.05) is 36.4 Å². The van der Waals surface area contributed by atoms with Gasteiger partial charge in [0.2, 0.25) is 5.91 Å². The number of halogens is 1. The Kier molecular flexibility index (Phi) is 5.63. The van der Waals surface area contributed by atoms with Crippen molar-refractivity contribution < 1.29 is 9.53 Å². The quantitative estimate of drug-likeness (QED) is 0.788. The van der Waals surface area contributed by atoms with Crippen LogP contribution in [0.1, 0.15) is 12.0 Å². The van der Waals surface area contributed by atoms with Crippen LogP contribution in [0.15, 0.2) is 53.0 Å². The van der Waals surface area contributed by atoms with Gasteiger partial charge in [-0.2, -0.15) is 0 Å². The largest absolute Gasteiger partial charge is 0.493 e. The second-order valence-electron chi connectivity index (χ2n) is 4.54. The summed E-state index contributed by atoms with van der Waals surface area (Å²) in [5, 5.41) is 2.86. The number of nitrogens with two attached hydrogens (primary N) is 1. The molecule has 2 rings (SSSR count). The summed E-state index contributed by atoms with van der Waals surface area (Å²) in [6, 6.07) is 14.9. The van der Waals surface area contributed by atoms with Crippen molar-refractivity contribution in [3.63, 3.8) is 0 Å². The van der Waals surface area contributed by atoms with Gasteiger partial charge in [0, 0.05) is 22.8 Å². The van der Waals surface area contributed by atoms with Crippen LogP contribution >= 0.6 is 15.9 Å². The molecule has 110 valence electrons. The van der Waals surface area contributed by atoms with E-state index in [-0.39, 0.29) is 5.91 Å². The normalized spacial score (nSPS) is 10.1. The Hall–Kier alpha value is -2.01. The molecule has 0 atom stereocenters. The van der Waals surface area contributed by atoms with Crippen molar-refractivity contribution >= 4 is 27.5 Å². The lowest BCUT2D eigenvalue weighted by atomic mass is 10.2. The highest BCUT2D eigenvalue weighted by Gasteiger charge is 2.04. The number of amides is 1. The third kappa shape index (κ3) is 5.11. The Morgan fingerprint density at radius 2 is 2.00 bits per heavy atom. The van der Waals surface area contributed by atoms with Crippen LogP contribution in [0.2, 0.25) is 0 Å². The SMILES string of the molecule is Nc1cccc(OCCC(=O)NCc2ccccc2Br)c1. The fourth-order valence-electron chi connectivity index (χ4n) is 1.79. The van der Waals surface area contributed by atoms with Crippen LogP contribution in [0.3, 0.4) is 0 Å². The van der Waals surface area contributed by atoms with Gasteiger partial charge in [-0.1, -0.05) is 40.2 Å². The lowest BCUT2D eigenvalue weighted by Gasteiger charge is -2.08. The molecule has 2 aromatic rings. The molecule has 0 heterocycles. The fourth-order valence-corrected chi connectivity index (χ4v) is 2.21. The molecule has 0 aromatic heterocycles. The number of benzene rings is 2. The highest BCUT2D eigenvalue weighted by atomic mass is 79.9. The van der Waals surface area contributed by atoms with Crippen molar-refractivity contribution in [3.05, 3.63) is 58.6 Å². The van der Waals surface area contributed by atoms with Crippen LogP contribution < -0.4 is 15.8 Å². The first-order valence-corrected chi connectivity index (χ1v) is 7.43. The van der Waals surface area contributed by atoms with E-state index in [4.69, 9.17) is 10.5 Å². The Morgan fingerprint density at radius 3 is 2.76 bits per heavy atom. The zero-order chi connectivity index (χ0) is 15.1. The van der Waals surface area contributed by atoms with Gasteiger partial charge in [-0.3, -0.25) is 4.79 Å². The molecule has 4 nitrogen and oxygen atoms in total. The van der Waals surface area contributed by atoms with Crippen molar-refractivity contribution in [2.45, 2.75) is 13.0 Å². The van der Waals surface area contributed by atoms with Gasteiger partial charge in [0.05, 0.1) is 13.0 Å². The smallest absolute Gasteiger partial charge is 0.223 e. The molecule has 0 aliphatic rings. The molecular weight excluding hydrogens is 332 g/mol. The molecule has 0 bridgehead atoms. The maximum absolute atomic E-state index is 11.8. The Labute approximate surface area is 132 Å². The van der Waals surface area contributed by atoms with Gasteiger partial charge in [0.1, 0.15) is 5.75 Å². The van der Waals surface area contributed by atoms with E-state index in [9.17, 15) is 4.79 Å². The molecule has 5 heteroatoms. The maximum Gasteiger partial charge on any atom is 0.223 e. The second kappa shape index (κ2) is 7.69. The first-order valence-electron chi connectivity index (χ1n) is 6.63. The molecule has 0 unspecified atom stereocenters. The molecule has 0 radical (unpaired) electrons. The van der Waals surface area contributed by atoms with Crippen LogP contribution in [0.4, 0.5) is 5.69 Å². The van der Waals surface area contributed by atoms with Crippen LogP contribution in [-0.2, 0) is 11.3 Å².